The van der Waals surface area contributed by atoms with Gasteiger partial charge in [0.25, 0.3) is 5.91 Å². The maximum Gasteiger partial charge on any atom is 0.254 e. The van der Waals surface area contributed by atoms with Crippen molar-refractivity contribution >= 4 is 11.8 Å². The van der Waals surface area contributed by atoms with Gasteiger partial charge in [0, 0.05) is 37.7 Å². The van der Waals surface area contributed by atoms with Crippen LogP contribution in [0, 0.1) is 5.82 Å². The molecule has 28 heavy (non-hydrogen) atoms. The number of hydrogen-bond donors (Lipinski definition) is 0. The standard InChI is InChI=1S/C22H25FN2O3/c1-3-18-15-24(22(27)17-9-10-19(23)20(13-17)28-2)12-11-21(26)25(18)14-16-7-5-4-6-8-16/h4-10,13,18H,3,11-12,14-15H2,1-2H3/t18-/m0/s1. The second-order valence-corrected chi connectivity index (χ2v) is 6.92. The fourth-order valence-corrected chi connectivity index (χ4v) is 3.53. The van der Waals surface area contributed by atoms with Gasteiger partial charge in [0.2, 0.25) is 5.91 Å². The lowest BCUT2D eigenvalue weighted by Crippen LogP contribution is -2.43. The summed E-state index contributed by atoms with van der Waals surface area (Å²) in [5.41, 5.74) is 1.43. The molecule has 1 aliphatic heterocycles. The summed E-state index contributed by atoms with van der Waals surface area (Å²) in [5, 5.41) is 0. The van der Waals surface area contributed by atoms with Gasteiger partial charge in [-0.25, -0.2) is 4.39 Å². The molecule has 1 fully saturated rings. The molecule has 5 nitrogen and oxygen atoms in total. The van der Waals surface area contributed by atoms with Crippen LogP contribution in [0.2, 0.25) is 0 Å². The van der Waals surface area contributed by atoms with E-state index in [-0.39, 0.29) is 30.0 Å². The summed E-state index contributed by atoms with van der Waals surface area (Å²) in [7, 11) is 1.37. The lowest BCUT2D eigenvalue weighted by Gasteiger charge is -2.31. The number of benzene rings is 2. The first-order chi connectivity index (χ1) is 13.5. The smallest absolute Gasteiger partial charge is 0.254 e. The number of carbonyl (C=O) groups excluding carboxylic acids is 2. The topological polar surface area (TPSA) is 49.9 Å². The van der Waals surface area contributed by atoms with Crippen molar-refractivity contribution in [2.75, 3.05) is 20.2 Å². The van der Waals surface area contributed by atoms with Crippen LogP contribution in [0.25, 0.3) is 0 Å². The molecule has 148 valence electrons. The molecule has 0 aromatic heterocycles. The average Bonchev–Trinajstić information content (AvgIpc) is 2.88. The van der Waals surface area contributed by atoms with E-state index < -0.39 is 5.82 Å². The largest absolute Gasteiger partial charge is 0.494 e. The Labute approximate surface area is 164 Å². The Morgan fingerprint density at radius 2 is 1.96 bits per heavy atom. The SMILES string of the molecule is CC[C@H]1CN(C(=O)c2ccc(F)c(OC)c2)CCC(=O)N1Cc1ccccc1. The van der Waals surface area contributed by atoms with E-state index in [1.807, 2.05) is 42.2 Å². The molecule has 0 aliphatic carbocycles. The van der Waals surface area contributed by atoms with E-state index >= 15 is 0 Å². The summed E-state index contributed by atoms with van der Waals surface area (Å²) in [6, 6.07) is 13.9. The van der Waals surface area contributed by atoms with Crippen LogP contribution < -0.4 is 4.74 Å². The third-order valence-electron chi connectivity index (χ3n) is 5.14. The van der Waals surface area contributed by atoms with E-state index in [1.54, 1.807) is 4.90 Å². The van der Waals surface area contributed by atoms with E-state index in [2.05, 4.69) is 0 Å². The van der Waals surface area contributed by atoms with Gasteiger partial charge in [0.15, 0.2) is 11.6 Å². The van der Waals surface area contributed by atoms with Gasteiger partial charge in [-0.3, -0.25) is 9.59 Å². The molecule has 0 N–H and O–H groups in total. The van der Waals surface area contributed by atoms with Crippen LogP contribution >= 0.6 is 0 Å². The first kappa shape index (κ1) is 19.9. The Kier molecular flexibility index (Phi) is 6.29. The minimum atomic E-state index is -0.509. The van der Waals surface area contributed by atoms with Gasteiger partial charge in [-0.2, -0.15) is 0 Å². The first-order valence-electron chi connectivity index (χ1n) is 9.49. The van der Waals surface area contributed by atoms with Crippen LogP contribution in [0.4, 0.5) is 4.39 Å². The lowest BCUT2D eigenvalue weighted by atomic mass is 10.1. The summed E-state index contributed by atoms with van der Waals surface area (Å²) < 4.78 is 18.6. The Morgan fingerprint density at radius 3 is 2.64 bits per heavy atom. The number of amides is 2. The molecule has 1 aliphatic rings. The van der Waals surface area contributed by atoms with Crippen molar-refractivity contribution in [3.05, 3.63) is 65.5 Å². The molecular weight excluding hydrogens is 359 g/mol. The Morgan fingerprint density at radius 1 is 1.21 bits per heavy atom. The molecule has 2 amide bonds. The van der Waals surface area contributed by atoms with Crippen LogP contribution in [-0.2, 0) is 11.3 Å². The van der Waals surface area contributed by atoms with Crippen molar-refractivity contribution in [3.8, 4) is 5.75 Å². The molecule has 0 unspecified atom stereocenters. The maximum absolute atomic E-state index is 13.7. The quantitative estimate of drug-likeness (QED) is 0.793. The van der Waals surface area contributed by atoms with Gasteiger partial charge in [0.05, 0.1) is 7.11 Å². The zero-order chi connectivity index (χ0) is 20.1. The average molecular weight is 384 g/mol. The lowest BCUT2D eigenvalue weighted by molar-refractivity contribution is -0.133. The number of rotatable bonds is 5. The van der Waals surface area contributed by atoms with Crippen LogP contribution in [0.15, 0.2) is 48.5 Å². The zero-order valence-electron chi connectivity index (χ0n) is 16.2. The first-order valence-corrected chi connectivity index (χ1v) is 9.49. The summed E-state index contributed by atoms with van der Waals surface area (Å²) >= 11 is 0. The molecule has 2 aromatic rings. The van der Waals surface area contributed by atoms with E-state index in [0.717, 1.165) is 12.0 Å². The van der Waals surface area contributed by atoms with Crippen molar-refractivity contribution in [2.45, 2.75) is 32.4 Å². The van der Waals surface area contributed by atoms with Crippen molar-refractivity contribution in [3.63, 3.8) is 0 Å². The molecule has 3 rings (SSSR count). The Bertz CT molecular complexity index is 841. The van der Waals surface area contributed by atoms with Gasteiger partial charge in [-0.15, -0.1) is 0 Å². The summed E-state index contributed by atoms with van der Waals surface area (Å²) in [6.07, 6.45) is 1.02. The monoisotopic (exact) mass is 384 g/mol. The van der Waals surface area contributed by atoms with Gasteiger partial charge in [-0.05, 0) is 30.2 Å². The van der Waals surface area contributed by atoms with Gasteiger partial charge in [0.1, 0.15) is 0 Å². The minimum absolute atomic E-state index is 0.0366. The maximum atomic E-state index is 13.7. The highest BCUT2D eigenvalue weighted by molar-refractivity contribution is 5.95. The molecular formula is C22H25FN2O3. The molecule has 0 radical (unpaired) electrons. The predicted molar refractivity (Wildman–Crippen MR) is 105 cm³/mol. The van der Waals surface area contributed by atoms with Crippen LogP contribution in [0.3, 0.4) is 0 Å². The molecule has 2 aromatic carbocycles. The number of ether oxygens (including phenoxy) is 1. The van der Waals surface area contributed by atoms with Gasteiger partial charge < -0.3 is 14.5 Å². The normalized spacial score (nSPS) is 17.4. The third kappa shape index (κ3) is 4.32. The van der Waals surface area contributed by atoms with E-state index in [0.29, 0.717) is 25.2 Å². The van der Waals surface area contributed by atoms with E-state index in [9.17, 15) is 14.0 Å². The van der Waals surface area contributed by atoms with Crippen molar-refractivity contribution in [1.29, 1.82) is 0 Å². The molecule has 1 heterocycles. The summed E-state index contributed by atoms with van der Waals surface area (Å²) in [5.74, 6) is -0.645. The highest BCUT2D eigenvalue weighted by Gasteiger charge is 2.31. The molecule has 0 saturated carbocycles. The third-order valence-corrected chi connectivity index (χ3v) is 5.14. The summed E-state index contributed by atoms with van der Waals surface area (Å²) in [4.78, 5) is 29.3. The van der Waals surface area contributed by atoms with Gasteiger partial charge in [-0.1, -0.05) is 37.3 Å². The second kappa shape index (κ2) is 8.87. The van der Waals surface area contributed by atoms with Crippen LogP contribution in [-0.4, -0.2) is 47.9 Å². The molecule has 0 spiro atoms. The zero-order valence-corrected chi connectivity index (χ0v) is 16.2. The molecule has 1 atom stereocenters. The van der Waals surface area contributed by atoms with E-state index in [1.165, 1.54) is 25.3 Å². The van der Waals surface area contributed by atoms with E-state index in [4.69, 9.17) is 4.74 Å². The molecule has 1 saturated heterocycles. The van der Waals surface area contributed by atoms with Crippen LogP contribution in [0.1, 0.15) is 35.7 Å². The summed E-state index contributed by atoms with van der Waals surface area (Å²) in [6.45, 7) is 3.35. The molecule has 0 bridgehead atoms. The fourth-order valence-electron chi connectivity index (χ4n) is 3.53. The highest BCUT2D eigenvalue weighted by Crippen LogP contribution is 2.22. The Hall–Kier alpha value is -2.89. The van der Waals surface area contributed by atoms with Crippen molar-refractivity contribution in [1.82, 2.24) is 9.80 Å². The Balaban J connectivity index is 1.79. The number of halogens is 1. The number of carbonyl (C=O) groups is 2. The molecule has 6 heteroatoms. The number of nitrogens with zero attached hydrogens (tertiary/aromatic N) is 2. The minimum Gasteiger partial charge on any atom is -0.494 e. The second-order valence-electron chi connectivity index (χ2n) is 6.92. The van der Waals surface area contributed by atoms with Crippen LogP contribution in [0.5, 0.6) is 5.75 Å². The predicted octanol–water partition coefficient (Wildman–Crippen LogP) is 3.49. The van der Waals surface area contributed by atoms with Gasteiger partial charge >= 0.3 is 0 Å². The van der Waals surface area contributed by atoms with Crippen molar-refractivity contribution < 1.29 is 18.7 Å². The number of methoxy groups -OCH3 is 1. The van der Waals surface area contributed by atoms with Crippen molar-refractivity contribution in [2.24, 2.45) is 0 Å². The highest BCUT2D eigenvalue weighted by atomic mass is 19.1. The fraction of sp³-hybridized carbons (Fsp3) is 0.364. The number of hydrogen-bond acceptors (Lipinski definition) is 3.